The van der Waals surface area contributed by atoms with Crippen LogP contribution in [0.2, 0.25) is 0 Å². The molecule has 1 fully saturated rings. The maximum atomic E-state index is 13.5. The number of ether oxygens (including phenoxy) is 2. The number of nitrogens with zero attached hydrogens (tertiary/aromatic N) is 1. The van der Waals surface area contributed by atoms with Crippen molar-refractivity contribution in [3.8, 4) is 0 Å². The maximum Gasteiger partial charge on any atom is 0.428 e. The van der Waals surface area contributed by atoms with E-state index in [0.717, 1.165) is 30.4 Å². The van der Waals surface area contributed by atoms with E-state index in [9.17, 15) is 14.0 Å². The zero-order chi connectivity index (χ0) is 20.3. The Labute approximate surface area is 163 Å². The van der Waals surface area contributed by atoms with Crippen LogP contribution in [0.1, 0.15) is 50.2 Å². The number of hydrazone groups is 1. The first-order chi connectivity index (χ1) is 13.3. The zero-order valence-electron chi connectivity index (χ0n) is 16.4. The topological polar surface area (TPSA) is 89.0 Å². The van der Waals surface area contributed by atoms with Gasteiger partial charge in [-0.3, -0.25) is 0 Å². The number of methoxy groups -OCH3 is 1. The van der Waals surface area contributed by atoms with Crippen molar-refractivity contribution < 1.29 is 23.5 Å². The summed E-state index contributed by atoms with van der Waals surface area (Å²) in [6.07, 6.45) is 2.74. The van der Waals surface area contributed by atoms with Gasteiger partial charge in [-0.25, -0.2) is 19.4 Å². The largest absolute Gasteiger partial charge is 0.453 e. The number of carbonyl (C=O) groups excluding carboxylic acids is 2. The van der Waals surface area contributed by atoms with E-state index in [1.54, 1.807) is 6.07 Å². The molecule has 0 unspecified atom stereocenters. The van der Waals surface area contributed by atoms with Gasteiger partial charge in [0.15, 0.2) is 5.60 Å². The first-order valence-electron chi connectivity index (χ1n) is 9.51. The smallest absolute Gasteiger partial charge is 0.428 e. The van der Waals surface area contributed by atoms with Crippen molar-refractivity contribution >= 4 is 17.9 Å². The Hall–Kier alpha value is -2.64. The van der Waals surface area contributed by atoms with Gasteiger partial charge in [-0.15, -0.1) is 0 Å². The van der Waals surface area contributed by atoms with Gasteiger partial charge in [0.1, 0.15) is 11.5 Å². The van der Waals surface area contributed by atoms with Gasteiger partial charge in [0.2, 0.25) is 0 Å². The van der Waals surface area contributed by atoms with Crippen molar-refractivity contribution in [1.82, 2.24) is 10.7 Å². The molecule has 1 aliphatic heterocycles. The lowest BCUT2D eigenvalue weighted by atomic mass is 9.72. The molecule has 8 heteroatoms. The lowest BCUT2D eigenvalue weighted by Crippen LogP contribution is -2.52. The average Bonchev–Trinajstić information content (AvgIpc) is 2.64. The second-order valence-corrected chi connectivity index (χ2v) is 7.63. The van der Waals surface area contributed by atoms with Crippen molar-refractivity contribution in [3.63, 3.8) is 0 Å². The number of carbonyl (C=O) groups is 2. The summed E-state index contributed by atoms with van der Waals surface area (Å²) in [5, 5.41) is 7.07. The molecule has 28 heavy (non-hydrogen) atoms. The van der Waals surface area contributed by atoms with Crippen LogP contribution < -0.4 is 10.7 Å². The number of benzene rings is 1. The first-order valence-corrected chi connectivity index (χ1v) is 9.51. The predicted octanol–water partition coefficient (Wildman–Crippen LogP) is 3.64. The molecule has 2 aliphatic rings. The number of hydrogen-bond acceptors (Lipinski definition) is 5. The zero-order valence-corrected chi connectivity index (χ0v) is 16.4. The number of amides is 2. The van der Waals surface area contributed by atoms with Gasteiger partial charge in [-0.05, 0) is 75.6 Å². The molecular formula is C20H26FN3O4. The summed E-state index contributed by atoms with van der Waals surface area (Å²) >= 11 is 0. The normalized spacial score (nSPS) is 25.4. The van der Waals surface area contributed by atoms with E-state index in [-0.39, 0.29) is 11.9 Å². The molecule has 2 amide bonds. The Bertz CT molecular complexity index is 788. The Morgan fingerprint density at radius 1 is 1.46 bits per heavy atom. The van der Waals surface area contributed by atoms with Crippen molar-refractivity contribution in [2.24, 2.45) is 11.0 Å². The van der Waals surface area contributed by atoms with E-state index in [4.69, 9.17) is 4.74 Å². The Balaban J connectivity index is 1.73. The summed E-state index contributed by atoms with van der Waals surface area (Å²) in [5.74, 6) is 0.0781. The van der Waals surface area contributed by atoms with Crippen LogP contribution in [0.25, 0.3) is 0 Å². The molecule has 1 atom stereocenters. The lowest BCUT2D eigenvalue weighted by Gasteiger charge is -2.42. The molecule has 2 N–H and O–H groups in total. The summed E-state index contributed by atoms with van der Waals surface area (Å²) < 4.78 is 23.9. The van der Waals surface area contributed by atoms with Crippen LogP contribution in [0, 0.1) is 18.7 Å². The summed E-state index contributed by atoms with van der Waals surface area (Å²) in [6.45, 7) is 3.76. The van der Waals surface area contributed by atoms with Crippen molar-refractivity contribution in [2.45, 2.75) is 57.6 Å². The quantitative estimate of drug-likeness (QED) is 0.820. The molecule has 1 saturated carbocycles. The van der Waals surface area contributed by atoms with Crippen molar-refractivity contribution in [2.75, 3.05) is 7.11 Å². The molecule has 0 saturated heterocycles. The second-order valence-electron chi connectivity index (χ2n) is 7.63. The number of aryl methyl sites for hydroxylation is 1. The number of nitrogens with one attached hydrogen (secondary N) is 2. The molecule has 3 rings (SSSR count). The van der Waals surface area contributed by atoms with E-state index in [1.807, 2.05) is 13.8 Å². The van der Waals surface area contributed by atoms with Gasteiger partial charge in [0, 0.05) is 11.6 Å². The fourth-order valence-electron chi connectivity index (χ4n) is 4.19. The minimum Gasteiger partial charge on any atom is -0.453 e. The second kappa shape index (κ2) is 8.16. The van der Waals surface area contributed by atoms with Crippen LogP contribution in [-0.2, 0) is 9.47 Å². The summed E-state index contributed by atoms with van der Waals surface area (Å²) in [5.41, 5.74) is 3.75. The van der Waals surface area contributed by atoms with Crippen LogP contribution in [0.15, 0.2) is 23.3 Å². The number of halogens is 1. The van der Waals surface area contributed by atoms with Gasteiger partial charge < -0.3 is 14.8 Å². The van der Waals surface area contributed by atoms with Crippen LogP contribution >= 0.6 is 0 Å². The minimum absolute atomic E-state index is 0.00504. The monoisotopic (exact) mass is 391 g/mol. The molecule has 0 radical (unpaired) electrons. The highest BCUT2D eigenvalue weighted by Gasteiger charge is 2.46. The van der Waals surface area contributed by atoms with Gasteiger partial charge in [0.05, 0.1) is 7.11 Å². The van der Waals surface area contributed by atoms with Gasteiger partial charge in [0.25, 0.3) is 0 Å². The third-order valence-electron chi connectivity index (χ3n) is 5.57. The Morgan fingerprint density at radius 3 is 2.82 bits per heavy atom. The number of hydrogen-bond donors (Lipinski definition) is 2. The molecule has 7 nitrogen and oxygen atoms in total. The van der Waals surface area contributed by atoms with Crippen molar-refractivity contribution in [1.29, 1.82) is 0 Å². The van der Waals surface area contributed by atoms with E-state index in [1.165, 1.54) is 19.2 Å². The molecule has 1 aliphatic carbocycles. The van der Waals surface area contributed by atoms with E-state index in [2.05, 4.69) is 20.6 Å². The molecule has 1 aromatic rings. The van der Waals surface area contributed by atoms with Crippen LogP contribution in [0.4, 0.5) is 14.0 Å². The fraction of sp³-hybridized carbons (Fsp3) is 0.550. The highest BCUT2D eigenvalue weighted by molar-refractivity contribution is 6.09. The summed E-state index contributed by atoms with van der Waals surface area (Å²) in [6, 6.07) is 4.52. The SMILES string of the molecule is COC(=O)N[C@@H](C)CC1CCC2(CC1)OC(=O)NN=C2c1ccc(F)cc1C. The van der Waals surface area contributed by atoms with E-state index >= 15 is 0 Å². The summed E-state index contributed by atoms with van der Waals surface area (Å²) in [7, 11) is 1.34. The van der Waals surface area contributed by atoms with Crippen LogP contribution in [0.5, 0.6) is 0 Å². The van der Waals surface area contributed by atoms with Crippen molar-refractivity contribution in [3.05, 3.63) is 35.1 Å². The highest BCUT2D eigenvalue weighted by atomic mass is 19.1. The Morgan fingerprint density at radius 2 is 2.18 bits per heavy atom. The standard InChI is InChI=1S/C20H26FN3O4/c1-12-10-15(21)4-5-16(12)17-20(28-19(26)24-23-17)8-6-14(7-9-20)11-13(2)22-18(25)27-3/h4-5,10,13-14H,6-9,11H2,1-3H3,(H,22,25)(H,24,26)/t13-,14?,20?/m0/s1. The maximum absolute atomic E-state index is 13.5. The third kappa shape index (κ3) is 4.26. The van der Waals surface area contributed by atoms with Gasteiger partial charge in [-0.2, -0.15) is 5.10 Å². The number of rotatable bonds is 4. The molecule has 1 heterocycles. The Kier molecular flexibility index (Phi) is 5.86. The molecule has 1 spiro atoms. The third-order valence-corrected chi connectivity index (χ3v) is 5.57. The fourth-order valence-corrected chi connectivity index (χ4v) is 4.19. The molecule has 0 aromatic heterocycles. The molecular weight excluding hydrogens is 365 g/mol. The van der Waals surface area contributed by atoms with Gasteiger partial charge in [-0.1, -0.05) is 0 Å². The van der Waals surface area contributed by atoms with E-state index < -0.39 is 17.8 Å². The van der Waals surface area contributed by atoms with Gasteiger partial charge >= 0.3 is 12.2 Å². The minimum atomic E-state index is -0.805. The summed E-state index contributed by atoms with van der Waals surface area (Å²) in [4.78, 5) is 23.3. The number of alkyl carbamates (subject to hydrolysis) is 1. The highest BCUT2D eigenvalue weighted by Crippen LogP contribution is 2.41. The molecule has 0 bridgehead atoms. The predicted molar refractivity (Wildman–Crippen MR) is 102 cm³/mol. The van der Waals surface area contributed by atoms with Crippen LogP contribution in [-0.4, -0.2) is 36.7 Å². The molecule has 1 aromatic carbocycles. The first kappa shape index (κ1) is 20.1. The van der Waals surface area contributed by atoms with E-state index in [0.29, 0.717) is 24.5 Å². The lowest BCUT2D eigenvalue weighted by molar-refractivity contribution is 0.0154. The van der Waals surface area contributed by atoms with Crippen LogP contribution in [0.3, 0.4) is 0 Å². The molecule has 152 valence electrons. The average molecular weight is 391 g/mol.